The molecule has 1 heterocycles. The second-order valence-corrected chi connectivity index (χ2v) is 4.49. The second kappa shape index (κ2) is 6.62. The van der Waals surface area contributed by atoms with E-state index in [9.17, 15) is 5.11 Å². The summed E-state index contributed by atoms with van der Waals surface area (Å²) < 4.78 is 0. The first-order valence-electron chi connectivity index (χ1n) is 5.68. The van der Waals surface area contributed by atoms with Gasteiger partial charge in [0.1, 0.15) is 5.75 Å². The van der Waals surface area contributed by atoms with Crippen LogP contribution in [0, 0.1) is 0 Å². The Kier molecular flexibility index (Phi) is 4.56. The molecule has 0 saturated heterocycles. The number of phenols is 1. The van der Waals surface area contributed by atoms with Gasteiger partial charge in [0.15, 0.2) is 0 Å². The van der Waals surface area contributed by atoms with Gasteiger partial charge in [-0.15, -0.1) is 0 Å². The van der Waals surface area contributed by atoms with E-state index in [1.165, 1.54) is 0 Å². The fourth-order valence-corrected chi connectivity index (χ4v) is 2.02. The molecule has 3 aromatic rings. The predicted octanol–water partition coefficient (Wildman–Crippen LogP) is 4.81. The van der Waals surface area contributed by atoms with Crippen LogP contribution in [0.3, 0.4) is 0 Å². The monoisotopic (exact) mass is 254 g/mol. The van der Waals surface area contributed by atoms with E-state index in [1.807, 2.05) is 71.4 Å². The van der Waals surface area contributed by atoms with Crippen LogP contribution in [0.2, 0.25) is 0 Å². The van der Waals surface area contributed by atoms with Crippen LogP contribution < -0.4 is 0 Å². The second-order valence-electron chi connectivity index (χ2n) is 3.68. The lowest BCUT2D eigenvalue weighted by atomic mass is 10.1. The van der Waals surface area contributed by atoms with E-state index in [2.05, 4.69) is 0 Å². The lowest BCUT2D eigenvalue weighted by molar-refractivity contribution is 0.477. The molecule has 0 aliphatic heterocycles. The van der Waals surface area contributed by atoms with Crippen LogP contribution in [0.1, 0.15) is 0 Å². The van der Waals surface area contributed by atoms with Crippen molar-refractivity contribution in [1.82, 2.24) is 0 Å². The van der Waals surface area contributed by atoms with E-state index in [1.54, 1.807) is 17.4 Å². The Bertz CT molecular complexity index is 541. The zero-order chi connectivity index (χ0) is 12.6. The average molecular weight is 254 g/mol. The first kappa shape index (κ1) is 12.4. The largest absolute Gasteiger partial charge is 0.507 e. The summed E-state index contributed by atoms with van der Waals surface area (Å²) in [7, 11) is 0. The average Bonchev–Trinajstić information content (AvgIpc) is 2.99. The summed E-state index contributed by atoms with van der Waals surface area (Å²) in [4.78, 5) is 0. The maximum Gasteiger partial charge on any atom is 0.123 e. The maximum atomic E-state index is 9.56. The minimum Gasteiger partial charge on any atom is -0.507 e. The molecule has 0 atom stereocenters. The highest BCUT2D eigenvalue weighted by atomic mass is 32.1. The minimum atomic E-state index is 0.328. The molecule has 0 saturated carbocycles. The number of rotatable bonds is 1. The van der Waals surface area contributed by atoms with Crippen molar-refractivity contribution < 1.29 is 5.11 Å². The van der Waals surface area contributed by atoms with Crippen molar-refractivity contribution in [3.8, 4) is 16.9 Å². The van der Waals surface area contributed by atoms with Gasteiger partial charge in [-0.05, 0) is 22.4 Å². The molecule has 0 fully saturated rings. The van der Waals surface area contributed by atoms with Gasteiger partial charge >= 0.3 is 0 Å². The summed E-state index contributed by atoms with van der Waals surface area (Å²) in [6, 6.07) is 21.2. The minimum absolute atomic E-state index is 0.328. The number of aromatic hydroxyl groups is 1. The van der Waals surface area contributed by atoms with Crippen LogP contribution in [0.5, 0.6) is 5.75 Å². The normalized spacial score (nSPS) is 9.33. The van der Waals surface area contributed by atoms with Crippen LogP contribution in [0.15, 0.2) is 77.5 Å². The van der Waals surface area contributed by atoms with Crippen LogP contribution in [0.25, 0.3) is 11.1 Å². The molecule has 2 heteroatoms. The van der Waals surface area contributed by atoms with E-state index < -0.39 is 0 Å². The predicted molar refractivity (Wildman–Crippen MR) is 77.9 cm³/mol. The molecule has 0 radical (unpaired) electrons. The molecule has 0 amide bonds. The molecule has 2 aromatic carbocycles. The van der Waals surface area contributed by atoms with Crippen LogP contribution in [0.4, 0.5) is 0 Å². The first-order chi connectivity index (χ1) is 8.88. The number of benzene rings is 2. The number of phenolic OH excluding ortho intramolecular Hbond substituents is 1. The Labute approximate surface area is 111 Å². The first-order valence-corrected chi connectivity index (χ1v) is 6.63. The summed E-state index contributed by atoms with van der Waals surface area (Å²) in [5.74, 6) is 0.328. The molecular weight excluding hydrogens is 240 g/mol. The summed E-state index contributed by atoms with van der Waals surface area (Å²) in [6.45, 7) is 0. The van der Waals surface area contributed by atoms with Crippen molar-refractivity contribution >= 4 is 11.3 Å². The molecule has 0 spiro atoms. The fourth-order valence-electron chi connectivity index (χ4n) is 1.56. The van der Waals surface area contributed by atoms with E-state index in [0.717, 1.165) is 11.1 Å². The fraction of sp³-hybridized carbons (Fsp3) is 0. The standard InChI is InChI=1S/C12H10O.C4H4S/c13-12-9-5-4-8-11(12)10-6-2-1-3-7-10;1-2-4-5-3-1/h1-9,13H;1-4H. The third kappa shape index (κ3) is 3.47. The molecule has 3 rings (SSSR count). The van der Waals surface area contributed by atoms with Gasteiger partial charge in [-0.25, -0.2) is 0 Å². The smallest absolute Gasteiger partial charge is 0.123 e. The van der Waals surface area contributed by atoms with Crippen molar-refractivity contribution in [2.24, 2.45) is 0 Å². The third-order valence-electron chi connectivity index (χ3n) is 2.41. The Morgan fingerprint density at radius 2 is 1.28 bits per heavy atom. The van der Waals surface area contributed by atoms with E-state index in [0.29, 0.717) is 5.75 Å². The van der Waals surface area contributed by atoms with Gasteiger partial charge in [-0.3, -0.25) is 0 Å². The third-order valence-corrected chi connectivity index (χ3v) is 3.04. The van der Waals surface area contributed by atoms with Gasteiger partial charge in [-0.2, -0.15) is 11.3 Å². The van der Waals surface area contributed by atoms with Crippen LogP contribution in [-0.2, 0) is 0 Å². The van der Waals surface area contributed by atoms with Gasteiger partial charge in [-0.1, -0.05) is 60.7 Å². The highest BCUT2D eigenvalue weighted by molar-refractivity contribution is 7.07. The SMILES string of the molecule is Oc1ccccc1-c1ccccc1.c1ccsc1. The van der Waals surface area contributed by atoms with Crippen LogP contribution >= 0.6 is 11.3 Å². The molecule has 1 nitrogen and oxygen atoms in total. The van der Waals surface area contributed by atoms with E-state index in [4.69, 9.17) is 0 Å². The van der Waals surface area contributed by atoms with Crippen molar-refractivity contribution in [2.45, 2.75) is 0 Å². The number of hydrogen-bond donors (Lipinski definition) is 1. The molecule has 0 unspecified atom stereocenters. The summed E-state index contributed by atoms with van der Waals surface area (Å²) in [6.07, 6.45) is 0. The van der Waals surface area contributed by atoms with E-state index in [-0.39, 0.29) is 0 Å². The molecule has 0 aliphatic carbocycles. The molecule has 1 N–H and O–H groups in total. The quantitative estimate of drug-likeness (QED) is 0.661. The Balaban J connectivity index is 0.000000202. The van der Waals surface area contributed by atoms with Gasteiger partial charge in [0.25, 0.3) is 0 Å². The topological polar surface area (TPSA) is 20.2 Å². The zero-order valence-corrected chi connectivity index (χ0v) is 10.7. The van der Waals surface area contributed by atoms with Gasteiger partial charge < -0.3 is 5.11 Å². The van der Waals surface area contributed by atoms with Crippen molar-refractivity contribution in [3.05, 3.63) is 77.5 Å². The van der Waals surface area contributed by atoms with Gasteiger partial charge in [0.05, 0.1) is 0 Å². The molecule has 18 heavy (non-hydrogen) atoms. The highest BCUT2D eigenvalue weighted by Gasteiger charge is 2.00. The summed E-state index contributed by atoms with van der Waals surface area (Å²) in [5.41, 5.74) is 1.92. The van der Waals surface area contributed by atoms with Crippen LogP contribution in [-0.4, -0.2) is 5.11 Å². The summed E-state index contributed by atoms with van der Waals surface area (Å²) >= 11 is 1.71. The molecule has 90 valence electrons. The lowest BCUT2D eigenvalue weighted by Crippen LogP contribution is -1.76. The zero-order valence-electron chi connectivity index (χ0n) is 9.86. The molecule has 0 bridgehead atoms. The lowest BCUT2D eigenvalue weighted by Gasteiger charge is -2.02. The maximum absolute atomic E-state index is 9.56. The van der Waals surface area contributed by atoms with Crippen molar-refractivity contribution in [2.75, 3.05) is 0 Å². The van der Waals surface area contributed by atoms with Crippen molar-refractivity contribution in [1.29, 1.82) is 0 Å². The molecule has 0 aliphatic rings. The highest BCUT2D eigenvalue weighted by Crippen LogP contribution is 2.27. The summed E-state index contributed by atoms with van der Waals surface area (Å²) in [5, 5.41) is 13.6. The number of para-hydroxylation sites is 1. The Hall–Kier alpha value is -2.06. The van der Waals surface area contributed by atoms with Crippen molar-refractivity contribution in [3.63, 3.8) is 0 Å². The molecular formula is C16H14OS. The van der Waals surface area contributed by atoms with Gasteiger partial charge in [0, 0.05) is 5.56 Å². The number of hydrogen-bond acceptors (Lipinski definition) is 2. The Morgan fingerprint density at radius 3 is 1.83 bits per heavy atom. The Morgan fingerprint density at radius 1 is 0.667 bits per heavy atom. The molecule has 1 aromatic heterocycles. The van der Waals surface area contributed by atoms with E-state index >= 15 is 0 Å². The number of thiophene rings is 1. The van der Waals surface area contributed by atoms with Gasteiger partial charge in [0.2, 0.25) is 0 Å².